The third kappa shape index (κ3) is 1.55. The zero-order valence-corrected chi connectivity index (χ0v) is 8.59. The van der Waals surface area contributed by atoms with Crippen LogP contribution in [0.1, 0.15) is 11.1 Å². The van der Waals surface area contributed by atoms with Crippen molar-refractivity contribution in [2.24, 2.45) is 0 Å². The number of ether oxygens (including phenoxy) is 2. The van der Waals surface area contributed by atoms with Gasteiger partial charge in [0.05, 0.1) is 14.2 Å². The molecule has 0 radical (unpaired) electrons. The number of nitrogens with one attached hydrogen (secondary N) is 1. The Morgan fingerprint density at radius 2 is 2.07 bits per heavy atom. The van der Waals surface area contributed by atoms with Gasteiger partial charge in [-0.15, -0.1) is 0 Å². The minimum absolute atomic E-state index is 0.865. The Balaban J connectivity index is 2.47. The first-order valence-corrected chi connectivity index (χ1v) is 4.79. The Bertz CT molecular complexity index is 319. The molecule has 0 atom stereocenters. The maximum Gasteiger partial charge on any atom is 0.126 e. The molecule has 3 nitrogen and oxygen atoms in total. The van der Waals surface area contributed by atoms with Gasteiger partial charge in [-0.05, 0) is 24.6 Å². The predicted molar refractivity (Wildman–Crippen MR) is 55.0 cm³/mol. The second-order valence-electron chi connectivity index (χ2n) is 3.39. The van der Waals surface area contributed by atoms with E-state index in [-0.39, 0.29) is 0 Å². The summed E-state index contributed by atoms with van der Waals surface area (Å²) in [6.07, 6.45) is 1.03. The largest absolute Gasteiger partial charge is 0.497 e. The molecule has 1 aliphatic rings. The van der Waals surface area contributed by atoms with E-state index in [2.05, 4.69) is 11.4 Å². The average Bonchev–Trinajstić information content (AvgIpc) is 2.27. The van der Waals surface area contributed by atoms with Gasteiger partial charge in [-0.3, -0.25) is 0 Å². The van der Waals surface area contributed by atoms with Crippen molar-refractivity contribution < 1.29 is 9.47 Å². The zero-order chi connectivity index (χ0) is 9.97. The van der Waals surface area contributed by atoms with Gasteiger partial charge < -0.3 is 14.8 Å². The Kier molecular flexibility index (Phi) is 2.59. The predicted octanol–water partition coefficient (Wildman–Crippen LogP) is 1.35. The maximum absolute atomic E-state index is 5.35. The van der Waals surface area contributed by atoms with Gasteiger partial charge in [0.2, 0.25) is 0 Å². The summed E-state index contributed by atoms with van der Waals surface area (Å²) in [6, 6.07) is 4.02. The van der Waals surface area contributed by atoms with Crippen molar-refractivity contribution in [1.82, 2.24) is 5.32 Å². The molecular weight excluding hydrogens is 178 g/mol. The van der Waals surface area contributed by atoms with Crippen molar-refractivity contribution in [3.8, 4) is 11.5 Å². The first-order valence-electron chi connectivity index (χ1n) is 4.79. The van der Waals surface area contributed by atoms with Crippen LogP contribution in [0.2, 0.25) is 0 Å². The quantitative estimate of drug-likeness (QED) is 0.769. The molecule has 1 heterocycles. The maximum atomic E-state index is 5.35. The summed E-state index contributed by atoms with van der Waals surface area (Å²) in [4.78, 5) is 0. The SMILES string of the molecule is COc1cc2c(c(OC)c1)CCNC2. The molecule has 1 aromatic carbocycles. The molecule has 0 aromatic heterocycles. The molecule has 0 saturated carbocycles. The standard InChI is InChI=1S/C11H15NO2/c1-13-9-5-8-7-12-4-3-10(8)11(6-9)14-2/h5-6,12H,3-4,7H2,1-2H3. The van der Waals surface area contributed by atoms with E-state index in [0.717, 1.165) is 31.0 Å². The van der Waals surface area contributed by atoms with Crippen molar-refractivity contribution in [2.75, 3.05) is 20.8 Å². The molecule has 0 aliphatic carbocycles. The first kappa shape index (κ1) is 9.34. The fourth-order valence-corrected chi connectivity index (χ4v) is 1.85. The lowest BCUT2D eigenvalue weighted by molar-refractivity contribution is 0.387. The monoisotopic (exact) mass is 193 g/mol. The molecule has 1 N–H and O–H groups in total. The second kappa shape index (κ2) is 3.88. The lowest BCUT2D eigenvalue weighted by atomic mass is 9.99. The average molecular weight is 193 g/mol. The summed E-state index contributed by atoms with van der Waals surface area (Å²) in [5, 5.41) is 3.33. The molecule has 1 aromatic rings. The molecule has 0 unspecified atom stereocenters. The molecule has 0 fully saturated rings. The summed E-state index contributed by atoms with van der Waals surface area (Å²) in [7, 11) is 3.38. The van der Waals surface area contributed by atoms with Crippen molar-refractivity contribution >= 4 is 0 Å². The summed E-state index contributed by atoms with van der Waals surface area (Å²) < 4.78 is 10.6. The van der Waals surface area contributed by atoms with Crippen LogP contribution in [0.4, 0.5) is 0 Å². The number of benzene rings is 1. The third-order valence-electron chi connectivity index (χ3n) is 2.60. The Labute approximate surface area is 84.0 Å². The van der Waals surface area contributed by atoms with E-state index in [1.807, 2.05) is 6.07 Å². The van der Waals surface area contributed by atoms with Crippen molar-refractivity contribution in [2.45, 2.75) is 13.0 Å². The molecule has 0 amide bonds. The van der Waals surface area contributed by atoms with Gasteiger partial charge in [0.25, 0.3) is 0 Å². The van der Waals surface area contributed by atoms with Gasteiger partial charge in [-0.2, -0.15) is 0 Å². The minimum atomic E-state index is 0.865. The van der Waals surface area contributed by atoms with Crippen LogP contribution in [0.3, 0.4) is 0 Å². The van der Waals surface area contributed by atoms with Gasteiger partial charge in [-0.25, -0.2) is 0 Å². The van der Waals surface area contributed by atoms with Crippen molar-refractivity contribution in [3.05, 3.63) is 23.3 Å². The van der Waals surface area contributed by atoms with Crippen LogP contribution >= 0.6 is 0 Å². The normalized spacial score (nSPS) is 14.7. The number of hydrogen-bond donors (Lipinski definition) is 1. The number of rotatable bonds is 2. The van der Waals surface area contributed by atoms with E-state index < -0.39 is 0 Å². The third-order valence-corrected chi connectivity index (χ3v) is 2.60. The highest BCUT2D eigenvalue weighted by atomic mass is 16.5. The Morgan fingerprint density at radius 3 is 2.79 bits per heavy atom. The van der Waals surface area contributed by atoms with E-state index in [9.17, 15) is 0 Å². The summed E-state index contributed by atoms with van der Waals surface area (Å²) >= 11 is 0. The molecule has 3 heteroatoms. The number of fused-ring (bicyclic) bond motifs is 1. The van der Waals surface area contributed by atoms with E-state index in [4.69, 9.17) is 9.47 Å². The molecular formula is C11H15NO2. The molecule has 1 aliphatic heterocycles. The van der Waals surface area contributed by atoms with Crippen molar-refractivity contribution in [3.63, 3.8) is 0 Å². The van der Waals surface area contributed by atoms with Gasteiger partial charge in [0.1, 0.15) is 11.5 Å². The second-order valence-corrected chi connectivity index (χ2v) is 3.39. The highest BCUT2D eigenvalue weighted by Gasteiger charge is 2.14. The van der Waals surface area contributed by atoms with E-state index >= 15 is 0 Å². The number of methoxy groups -OCH3 is 2. The lowest BCUT2D eigenvalue weighted by Crippen LogP contribution is -2.24. The fourth-order valence-electron chi connectivity index (χ4n) is 1.85. The van der Waals surface area contributed by atoms with E-state index in [0.29, 0.717) is 0 Å². The zero-order valence-electron chi connectivity index (χ0n) is 8.59. The van der Waals surface area contributed by atoms with Gasteiger partial charge in [0.15, 0.2) is 0 Å². The van der Waals surface area contributed by atoms with Gasteiger partial charge in [-0.1, -0.05) is 0 Å². The molecule has 0 bridgehead atoms. The minimum Gasteiger partial charge on any atom is -0.497 e. The van der Waals surface area contributed by atoms with Crippen LogP contribution in [0.5, 0.6) is 11.5 Å². The van der Waals surface area contributed by atoms with Crippen LogP contribution < -0.4 is 14.8 Å². The highest BCUT2D eigenvalue weighted by Crippen LogP contribution is 2.30. The summed E-state index contributed by atoms with van der Waals surface area (Å²) in [5.41, 5.74) is 2.60. The van der Waals surface area contributed by atoms with Crippen LogP contribution in [0.25, 0.3) is 0 Å². The molecule has 0 spiro atoms. The van der Waals surface area contributed by atoms with E-state index in [1.165, 1.54) is 11.1 Å². The molecule has 2 rings (SSSR count). The van der Waals surface area contributed by atoms with E-state index in [1.54, 1.807) is 14.2 Å². The fraction of sp³-hybridized carbons (Fsp3) is 0.455. The Hall–Kier alpha value is -1.22. The van der Waals surface area contributed by atoms with Crippen LogP contribution in [-0.4, -0.2) is 20.8 Å². The summed E-state index contributed by atoms with van der Waals surface area (Å²) in [6.45, 7) is 1.93. The van der Waals surface area contributed by atoms with Crippen molar-refractivity contribution in [1.29, 1.82) is 0 Å². The molecule has 14 heavy (non-hydrogen) atoms. The van der Waals surface area contributed by atoms with Crippen LogP contribution in [-0.2, 0) is 13.0 Å². The lowest BCUT2D eigenvalue weighted by Gasteiger charge is -2.20. The Morgan fingerprint density at radius 1 is 1.21 bits per heavy atom. The molecule has 76 valence electrons. The van der Waals surface area contributed by atoms with Gasteiger partial charge in [0, 0.05) is 18.2 Å². The van der Waals surface area contributed by atoms with Crippen LogP contribution in [0, 0.1) is 0 Å². The van der Waals surface area contributed by atoms with Crippen LogP contribution in [0.15, 0.2) is 12.1 Å². The highest BCUT2D eigenvalue weighted by molar-refractivity contribution is 5.47. The number of hydrogen-bond acceptors (Lipinski definition) is 3. The first-order chi connectivity index (χ1) is 6.85. The molecule has 0 saturated heterocycles. The smallest absolute Gasteiger partial charge is 0.126 e. The summed E-state index contributed by atoms with van der Waals surface area (Å²) in [5.74, 6) is 1.81. The topological polar surface area (TPSA) is 30.5 Å². The van der Waals surface area contributed by atoms with Gasteiger partial charge >= 0.3 is 0 Å².